The Labute approximate surface area is 98.2 Å². The van der Waals surface area contributed by atoms with Gasteiger partial charge in [-0.3, -0.25) is 0 Å². The lowest BCUT2D eigenvalue weighted by atomic mass is 9.83. The van der Waals surface area contributed by atoms with Crippen LogP contribution in [0.3, 0.4) is 0 Å². The topological polar surface area (TPSA) is 38.0 Å². The Morgan fingerprint density at radius 1 is 1.12 bits per heavy atom. The molecule has 0 bridgehead atoms. The molecule has 1 saturated carbocycles. The fourth-order valence-electron chi connectivity index (χ4n) is 2.11. The quantitative estimate of drug-likeness (QED) is 0.720. The molecule has 88 valence electrons. The van der Waals surface area contributed by atoms with Crippen LogP contribution in [0.1, 0.15) is 36.8 Å². The molecule has 1 aromatic rings. The van der Waals surface area contributed by atoms with E-state index in [2.05, 4.69) is 29.6 Å². The third kappa shape index (κ3) is 3.32. The van der Waals surface area contributed by atoms with Crippen molar-refractivity contribution in [3.05, 3.63) is 35.4 Å². The lowest BCUT2D eigenvalue weighted by Crippen LogP contribution is -2.21. The predicted molar refractivity (Wildman–Crippen MR) is 68.0 cm³/mol. The summed E-state index contributed by atoms with van der Waals surface area (Å²) in [5.74, 6) is 1.01. The molecule has 0 radical (unpaired) electrons. The van der Waals surface area contributed by atoms with Gasteiger partial charge in [0.1, 0.15) is 0 Å². The number of hydrogen-bond acceptors (Lipinski definition) is 2. The van der Waals surface area contributed by atoms with Crippen LogP contribution in [0.15, 0.2) is 24.3 Å². The van der Waals surface area contributed by atoms with E-state index in [-0.39, 0.29) is 0 Å². The second kappa shape index (κ2) is 6.02. The van der Waals surface area contributed by atoms with Crippen LogP contribution in [0.25, 0.3) is 0 Å². The first-order chi connectivity index (χ1) is 7.88. The summed E-state index contributed by atoms with van der Waals surface area (Å²) in [6.07, 6.45) is 5.70. The van der Waals surface area contributed by atoms with E-state index in [1.165, 1.54) is 36.8 Å². The summed E-state index contributed by atoms with van der Waals surface area (Å²) in [5.41, 5.74) is 8.12. The van der Waals surface area contributed by atoms with Gasteiger partial charge < -0.3 is 11.1 Å². The third-order valence-corrected chi connectivity index (χ3v) is 3.54. The van der Waals surface area contributed by atoms with Crippen molar-refractivity contribution in [1.29, 1.82) is 0 Å². The van der Waals surface area contributed by atoms with Gasteiger partial charge in [0.15, 0.2) is 0 Å². The standard InChI is InChI=1S/C14H22N2/c15-10-13-4-6-14(7-5-13)11-16-9-8-12-2-1-3-12/h4-7,12,16H,1-3,8-11,15H2. The molecule has 0 heterocycles. The molecule has 1 aromatic carbocycles. The van der Waals surface area contributed by atoms with E-state index >= 15 is 0 Å². The van der Waals surface area contributed by atoms with Crippen molar-refractivity contribution in [1.82, 2.24) is 5.32 Å². The van der Waals surface area contributed by atoms with Crippen molar-refractivity contribution >= 4 is 0 Å². The summed E-state index contributed by atoms with van der Waals surface area (Å²) < 4.78 is 0. The molecule has 0 spiro atoms. The maximum Gasteiger partial charge on any atom is 0.0205 e. The molecule has 1 aliphatic carbocycles. The van der Waals surface area contributed by atoms with Gasteiger partial charge in [0.25, 0.3) is 0 Å². The number of benzene rings is 1. The van der Waals surface area contributed by atoms with Crippen molar-refractivity contribution in [3.63, 3.8) is 0 Å². The highest BCUT2D eigenvalue weighted by Gasteiger charge is 2.15. The highest BCUT2D eigenvalue weighted by Crippen LogP contribution is 2.28. The fraction of sp³-hybridized carbons (Fsp3) is 0.571. The third-order valence-electron chi connectivity index (χ3n) is 3.54. The Hall–Kier alpha value is -0.860. The molecule has 0 amide bonds. The maximum atomic E-state index is 5.56. The molecule has 2 rings (SSSR count). The highest BCUT2D eigenvalue weighted by atomic mass is 14.8. The van der Waals surface area contributed by atoms with Gasteiger partial charge in [0, 0.05) is 13.1 Å². The van der Waals surface area contributed by atoms with Gasteiger partial charge in [0.05, 0.1) is 0 Å². The molecule has 16 heavy (non-hydrogen) atoms. The highest BCUT2D eigenvalue weighted by molar-refractivity contribution is 5.22. The zero-order valence-corrected chi connectivity index (χ0v) is 9.91. The average molecular weight is 218 g/mol. The van der Waals surface area contributed by atoms with E-state index in [0.29, 0.717) is 6.54 Å². The van der Waals surface area contributed by atoms with E-state index in [4.69, 9.17) is 5.73 Å². The van der Waals surface area contributed by atoms with Gasteiger partial charge in [-0.1, -0.05) is 43.5 Å². The van der Waals surface area contributed by atoms with Crippen LogP contribution in [-0.4, -0.2) is 6.54 Å². The Bertz CT molecular complexity index is 301. The maximum absolute atomic E-state index is 5.56. The van der Waals surface area contributed by atoms with Crippen LogP contribution in [0.2, 0.25) is 0 Å². The Kier molecular flexibility index (Phi) is 4.37. The number of rotatable bonds is 6. The Morgan fingerprint density at radius 3 is 2.38 bits per heavy atom. The summed E-state index contributed by atoms with van der Waals surface area (Å²) >= 11 is 0. The summed E-state index contributed by atoms with van der Waals surface area (Å²) in [5, 5.41) is 3.51. The zero-order chi connectivity index (χ0) is 11.2. The predicted octanol–water partition coefficient (Wildman–Crippen LogP) is 2.43. The van der Waals surface area contributed by atoms with Crippen molar-refractivity contribution < 1.29 is 0 Å². The van der Waals surface area contributed by atoms with Crippen molar-refractivity contribution in [2.75, 3.05) is 6.54 Å². The Balaban J connectivity index is 1.64. The van der Waals surface area contributed by atoms with Crippen LogP contribution in [0.5, 0.6) is 0 Å². The van der Waals surface area contributed by atoms with Gasteiger partial charge in [-0.25, -0.2) is 0 Å². The van der Waals surface area contributed by atoms with Crippen LogP contribution in [0.4, 0.5) is 0 Å². The lowest BCUT2D eigenvalue weighted by molar-refractivity contribution is 0.292. The van der Waals surface area contributed by atoms with Gasteiger partial charge >= 0.3 is 0 Å². The van der Waals surface area contributed by atoms with E-state index in [1.54, 1.807) is 0 Å². The van der Waals surface area contributed by atoms with Crippen LogP contribution in [-0.2, 0) is 13.1 Å². The van der Waals surface area contributed by atoms with Gasteiger partial charge in [-0.15, -0.1) is 0 Å². The molecule has 2 heteroatoms. The Morgan fingerprint density at radius 2 is 1.81 bits per heavy atom. The molecular formula is C14H22N2. The molecule has 3 N–H and O–H groups in total. The molecule has 0 aliphatic heterocycles. The SMILES string of the molecule is NCc1ccc(CNCCC2CCC2)cc1. The molecule has 0 atom stereocenters. The van der Waals surface area contributed by atoms with E-state index in [0.717, 1.165) is 19.0 Å². The van der Waals surface area contributed by atoms with Crippen LogP contribution in [0, 0.1) is 5.92 Å². The van der Waals surface area contributed by atoms with Crippen molar-refractivity contribution in [3.8, 4) is 0 Å². The van der Waals surface area contributed by atoms with E-state index < -0.39 is 0 Å². The van der Waals surface area contributed by atoms with Gasteiger partial charge in [0.2, 0.25) is 0 Å². The normalized spacial score (nSPS) is 16.1. The van der Waals surface area contributed by atoms with Crippen LogP contribution < -0.4 is 11.1 Å². The van der Waals surface area contributed by atoms with E-state index in [1.807, 2.05) is 0 Å². The number of nitrogens with two attached hydrogens (primary N) is 1. The van der Waals surface area contributed by atoms with Crippen molar-refractivity contribution in [2.45, 2.75) is 38.8 Å². The monoisotopic (exact) mass is 218 g/mol. The second-order valence-electron chi connectivity index (χ2n) is 4.78. The smallest absolute Gasteiger partial charge is 0.0205 e. The summed E-state index contributed by atoms with van der Waals surface area (Å²) in [4.78, 5) is 0. The number of hydrogen-bond donors (Lipinski definition) is 2. The second-order valence-corrected chi connectivity index (χ2v) is 4.78. The lowest BCUT2D eigenvalue weighted by Gasteiger charge is -2.25. The van der Waals surface area contributed by atoms with Crippen LogP contribution >= 0.6 is 0 Å². The van der Waals surface area contributed by atoms with Gasteiger partial charge in [-0.05, 0) is 30.0 Å². The van der Waals surface area contributed by atoms with Gasteiger partial charge in [-0.2, -0.15) is 0 Å². The molecular weight excluding hydrogens is 196 g/mol. The summed E-state index contributed by atoms with van der Waals surface area (Å²) in [7, 11) is 0. The summed E-state index contributed by atoms with van der Waals surface area (Å²) in [6, 6.07) is 8.56. The molecule has 1 fully saturated rings. The minimum Gasteiger partial charge on any atom is -0.326 e. The van der Waals surface area contributed by atoms with Crippen molar-refractivity contribution in [2.24, 2.45) is 11.7 Å². The molecule has 0 aromatic heterocycles. The summed E-state index contributed by atoms with van der Waals surface area (Å²) in [6.45, 7) is 2.77. The number of nitrogens with one attached hydrogen (secondary N) is 1. The minimum atomic E-state index is 0.634. The minimum absolute atomic E-state index is 0.634. The first-order valence-corrected chi connectivity index (χ1v) is 6.37. The van der Waals surface area contributed by atoms with E-state index in [9.17, 15) is 0 Å². The molecule has 2 nitrogen and oxygen atoms in total. The molecule has 1 aliphatic rings. The first kappa shape index (κ1) is 11.6. The zero-order valence-electron chi connectivity index (χ0n) is 9.91. The fourth-order valence-corrected chi connectivity index (χ4v) is 2.11. The molecule has 0 unspecified atom stereocenters. The largest absolute Gasteiger partial charge is 0.326 e. The first-order valence-electron chi connectivity index (χ1n) is 6.37. The molecule has 0 saturated heterocycles. The average Bonchev–Trinajstić information content (AvgIpc) is 2.27.